The lowest BCUT2D eigenvalue weighted by molar-refractivity contribution is 0.0100. The van der Waals surface area contributed by atoms with Gasteiger partial charge in [0.15, 0.2) is 17.3 Å². The van der Waals surface area contributed by atoms with Gasteiger partial charge in [0.2, 0.25) is 5.75 Å². The normalized spacial score (nSPS) is 11.2. The number of nitrogens with one attached hydrogen (secondary N) is 1. The summed E-state index contributed by atoms with van der Waals surface area (Å²) < 4.78 is 62.3. The number of nitriles is 1. The smallest absolute Gasteiger partial charge is 0.297 e. The van der Waals surface area contributed by atoms with E-state index in [9.17, 15) is 27.2 Å². The van der Waals surface area contributed by atoms with Gasteiger partial charge in [-0.25, -0.2) is 18.9 Å². The summed E-state index contributed by atoms with van der Waals surface area (Å²) in [5.41, 5.74) is -2.46. The first kappa shape index (κ1) is 24.3. The van der Waals surface area contributed by atoms with Crippen LogP contribution in [0.3, 0.4) is 0 Å². The Hall–Kier alpha value is -4.79. The maximum atomic E-state index is 14.5. The zero-order chi connectivity index (χ0) is 26.0. The average molecular weight is 497 g/mol. The molecule has 36 heavy (non-hydrogen) atoms. The highest BCUT2D eigenvalue weighted by molar-refractivity contribution is 5.62. The largest absolute Gasteiger partial charge is 0.446 e. The van der Waals surface area contributed by atoms with E-state index in [1.807, 2.05) is 0 Å². The molecule has 2 aromatic heterocycles. The van der Waals surface area contributed by atoms with Crippen LogP contribution in [0.2, 0.25) is 0 Å². The highest BCUT2D eigenvalue weighted by atomic mass is 19.3. The van der Waals surface area contributed by atoms with Crippen LogP contribution in [0.4, 0.5) is 17.6 Å². The minimum absolute atomic E-state index is 0.129. The Balaban J connectivity index is 1.77. The number of hydrogen-bond acceptors (Lipinski definition) is 6. The van der Waals surface area contributed by atoms with E-state index in [0.29, 0.717) is 12.5 Å². The van der Waals surface area contributed by atoms with E-state index in [4.69, 9.17) is 10.00 Å². The topological polar surface area (TPSA) is 114 Å². The molecule has 0 radical (unpaired) electrons. The van der Waals surface area contributed by atoms with Crippen LogP contribution < -0.4 is 15.9 Å². The lowest BCUT2D eigenvalue weighted by atomic mass is 10.1. The van der Waals surface area contributed by atoms with Crippen molar-refractivity contribution in [3.05, 3.63) is 104 Å². The Labute approximate surface area is 200 Å². The maximum absolute atomic E-state index is 14.5. The Morgan fingerprint density at radius 3 is 2.53 bits per heavy atom. The molecule has 12 heteroatoms. The van der Waals surface area contributed by atoms with Gasteiger partial charge < -0.3 is 4.74 Å². The van der Waals surface area contributed by atoms with Crippen molar-refractivity contribution >= 4 is 0 Å². The summed E-state index contributed by atoms with van der Waals surface area (Å²) in [7, 11) is 0. The van der Waals surface area contributed by atoms with Crippen molar-refractivity contribution in [1.82, 2.24) is 19.7 Å². The molecule has 1 N–H and O–H groups in total. The first-order chi connectivity index (χ1) is 17.1. The SMILES string of the molecule is CC(F)(F)c1ncn(Cc2cc(-c3ccc(F)cc3)c(=O)[nH]n2)c(=O)c1Oc1cccc(C#N)c1F. The van der Waals surface area contributed by atoms with Crippen LogP contribution in [0.25, 0.3) is 11.1 Å². The summed E-state index contributed by atoms with van der Waals surface area (Å²) in [6.07, 6.45) is 0.842. The molecule has 0 aliphatic heterocycles. The zero-order valence-corrected chi connectivity index (χ0v) is 18.4. The van der Waals surface area contributed by atoms with Gasteiger partial charge in [-0.15, -0.1) is 0 Å². The van der Waals surface area contributed by atoms with Crippen LogP contribution in [0.15, 0.2) is 64.4 Å². The molecule has 2 heterocycles. The fourth-order valence-electron chi connectivity index (χ4n) is 3.32. The first-order valence-corrected chi connectivity index (χ1v) is 10.3. The molecule has 0 aliphatic carbocycles. The fraction of sp³-hybridized carbons (Fsp3) is 0.125. The zero-order valence-electron chi connectivity index (χ0n) is 18.4. The molecule has 0 unspecified atom stereocenters. The second-order valence-corrected chi connectivity index (χ2v) is 7.68. The second kappa shape index (κ2) is 9.46. The molecule has 182 valence electrons. The van der Waals surface area contributed by atoms with Gasteiger partial charge in [0.25, 0.3) is 17.0 Å². The highest BCUT2D eigenvalue weighted by Gasteiger charge is 2.34. The molecule has 0 bridgehead atoms. The Morgan fingerprint density at radius 1 is 1.14 bits per heavy atom. The Kier molecular flexibility index (Phi) is 6.39. The first-order valence-electron chi connectivity index (χ1n) is 10.3. The summed E-state index contributed by atoms with van der Waals surface area (Å²) in [6.45, 7) is 0.163. The third-order valence-corrected chi connectivity index (χ3v) is 5.05. The third kappa shape index (κ3) is 4.85. The number of aromatic nitrogens is 4. The molecular weight excluding hydrogens is 482 g/mol. The number of ether oxygens (including phenoxy) is 1. The van der Waals surface area contributed by atoms with Gasteiger partial charge in [0.1, 0.15) is 11.9 Å². The lowest BCUT2D eigenvalue weighted by Gasteiger charge is -2.17. The highest BCUT2D eigenvalue weighted by Crippen LogP contribution is 2.34. The number of halogens is 4. The van der Waals surface area contributed by atoms with Crippen LogP contribution in [-0.2, 0) is 12.5 Å². The number of hydrogen-bond donors (Lipinski definition) is 1. The van der Waals surface area contributed by atoms with Gasteiger partial charge in [-0.2, -0.15) is 19.1 Å². The van der Waals surface area contributed by atoms with E-state index < -0.39 is 51.4 Å². The molecule has 0 saturated carbocycles. The number of H-pyrrole nitrogens is 1. The summed E-state index contributed by atoms with van der Waals surface area (Å²) in [5.74, 6) is -6.81. The molecular formula is C24H15F4N5O3. The van der Waals surface area contributed by atoms with Gasteiger partial charge in [-0.1, -0.05) is 18.2 Å². The van der Waals surface area contributed by atoms with Crippen molar-refractivity contribution in [2.75, 3.05) is 0 Å². The van der Waals surface area contributed by atoms with Crippen molar-refractivity contribution in [2.24, 2.45) is 0 Å². The molecule has 0 spiro atoms. The predicted molar refractivity (Wildman–Crippen MR) is 119 cm³/mol. The number of nitrogens with zero attached hydrogens (tertiary/aromatic N) is 4. The van der Waals surface area contributed by atoms with Crippen LogP contribution in [0.1, 0.15) is 23.9 Å². The number of rotatable bonds is 6. The fourth-order valence-corrected chi connectivity index (χ4v) is 3.32. The third-order valence-electron chi connectivity index (χ3n) is 5.05. The van der Waals surface area contributed by atoms with Crippen LogP contribution in [0, 0.1) is 23.0 Å². The summed E-state index contributed by atoms with van der Waals surface area (Å²) in [4.78, 5) is 29.0. The predicted octanol–water partition coefficient (Wildman–Crippen LogP) is 4.10. The lowest BCUT2D eigenvalue weighted by Crippen LogP contribution is -2.28. The van der Waals surface area contributed by atoms with Crippen molar-refractivity contribution in [3.8, 4) is 28.7 Å². The monoisotopic (exact) mass is 497 g/mol. The maximum Gasteiger partial charge on any atom is 0.297 e. The molecule has 2 aromatic carbocycles. The van der Waals surface area contributed by atoms with Gasteiger partial charge in [-0.05, 0) is 35.9 Å². The minimum Gasteiger partial charge on any atom is -0.446 e. The summed E-state index contributed by atoms with van der Waals surface area (Å²) >= 11 is 0. The summed E-state index contributed by atoms with van der Waals surface area (Å²) in [5, 5.41) is 15.1. The summed E-state index contributed by atoms with van der Waals surface area (Å²) in [6, 6.07) is 11.5. The van der Waals surface area contributed by atoms with Gasteiger partial charge in [0, 0.05) is 6.92 Å². The standard InChI is InChI=1S/C24H15F4N5O3/c1-24(27,28)21-20(36-18-4-2-3-14(10-29)19(18)26)23(35)33(12-30-21)11-16-9-17(22(34)32-31-16)13-5-7-15(25)8-6-13/h2-9,12H,11H2,1H3,(H,32,34). The minimum atomic E-state index is -3.62. The average Bonchev–Trinajstić information content (AvgIpc) is 2.84. The molecule has 8 nitrogen and oxygen atoms in total. The molecule has 4 rings (SSSR count). The van der Waals surface area contributed by atoms with Crippen LogP contribution in [0.5, 0.6) is 11.5 Å². The van der Waals surface area contributed by atoms with E-state index in [1.165, 1.54) is 24.3 Å². The van der Waals surface area contributed by atoms with Gasteiger partial charge in [0.05, 0.1) is 29.7 Å². The van der Waals surface area contributed by atoms with Crippen molar-refractivity contribution in [3.63, 3.8) is 0 Å². The number of benzene rings is 2. The quantitative estimate of drug-likeness (QED) is 0.402. The molecule has 0 amide bonds. The van der Waals surface area contributed by atoms with Gasteiger partial charge >= 0.3 is 0 Å². The molecule has 0 saturated heterocycles. The molecule has 0 fully saturated rings. The van der Waals surface area contributed by atoms with E-state index in [0.717, 1.165) is 35.2 Å². The molecule has 4 aromatic rings. The van der Waals surface area contributed by atoms with Crippen molar-refractivity contribution < 1.29 is 22.3 Å². The van der Waals surface area contributed by atoms with Gasteiger partial charge in [-0.3, -0.25) is 14.2 Å². The van der Waals surface area contributed by atoms with E-state index in [-0.39, 0.29) is 17.8 Å². The number of alkyl halides is 2. The van der Waals surface area contributed by atoms with Crippen LogP contribution in [-0.4, -0.2) is 19.7 Å². The van der Waals surface area contributed by atoms with Crippen molar-refractivity contribution in [1.29, 1.82) is 5.26 Å². The van der Waals surface area contributed by atoms with E-state index in [2.05, 4.69) is 15.2 Å². The Morgan fingerprint density at radius 2 is 1.86 bits per heavy atom. The second-order valence-electron chi connectivity index (χ2n) is 7.68. The van der Waals surface area contributed by atoms with Crippen LogP contribution >= 0.6 is 0 Å². The van der Waals surface area contributed by atoms with E-state index in [1.54, 1.807) is 6.07 Å². The number of aromatic amines is 1. The van der Waals surface area contributed by atoms with E-state index >= 15 is 0 Å². The van der Waals surface area contributed by atoms with Crippen molar-refractivity contribution in [2.45, 2.75) is 19.4 Å². The molecule has 0 atom stereocenters. The Bertz CT molecular complexity index is 1600. The molecule has 0 aliphatic rings.